The minimum atomic E-state index is 0. The number of rotatable bonds is 8. The zero-order valence-electron chi connectivity index (χ0n) is 27.4. The molecule has 4 aromatic rings. The summed E-state index contributed by atoms with van der Waals surface area (Å²) in [4.78, 5) is 8.60. The van der Waals surface area contributed by atoms with Crippen molar-refractivity contribution in [2.45, 2.75) is 40.5 Å². The van der Waals surface area contributed by atoms with Crippen LogP contribution in [0.1, 0.15) is 49.9 Å². The number of nitrogens with zero attached hydrogens (tertiary/aromatic N) is 4. The van der Waals surface area contributed by atoms with Gasteiger partial charge in [-0.15, -0.1) is 24.3 Å². The second kappa shape index (κ2) is 26.1. The number of hydrogen-bond acceptors (Lipinski definition) is 6. The molecule has 251 valence electrons. The summed E-state index contributed by atoms with van der Waals surface area (Å²) in [6, 6.07) is 35.2. The molecule has 0 aromatic heterocycles. The van der Waals surface area contributed by atoms with Gasteiger partial charge in [-0.05, 0) is 63.8 Å². The Bertz CT molecular complexity index is 1430. The van der Waals surface area contributed by atoms with Gasteiger partial charge in [0.2, 0.25) is 0 Å². The zero-order chi connectivity index (χ0) is 34.2. The fourth-order valence-electron chi connectivity index (χ4n) is 3.42. The normalized spacial score (nSPS) is 11.4. The number of aliphatic imine (C=N–C) groups is 2. The maximum atomic E-state index is 8.55. The van der Waals surface area contributed by atoms with Crippen molar-refractivity contribution in [3.05, 3.63) is 155 Å². The van der Waals surface area contributed by atoms with Crippen LogP contribution in [0, 0.1) is 13.8 Å². The molecule has 4 rings (SSSR count). The number of hydrogen-bond donors (Lipinski definition) is 2. The second-order valence-electron chi connectivity index (χ2n) is 9.96. The van der Waals surface area contributed by atoms with Crippen LogP contribution in [0.2, 0.25) is 10.0 Å². The van der Waals surface area contributed by atoms with Crippen LogP contribution in [0.4, 0.5) is 0 Å². The summed E-state index contributed by atoms with van der Waals surface area (Å²) in [5.74, 6) is 0. The van der Waals surface area contributed by atoms with Crippen LogP contribution < -0.4 is 0 Å². The molecule has 9 heteroatoms. The fourth-order valence-corrected chi connectivity index (χ4v) is 3.88. The van der Waals surface area contributed by atoms with Crippen molar-refractivity contribution in [2.24, 2.45) is 20.3 Å². The minimum absolute atomic E-state index is 0. The third-order valence-corrected chi connectivity index (χ3v) is 7.15. The van der Waals surface area contributed by atoms with Crippen molar-refractivity contribution < 1.29 is 27.2 Å². The molecule has 0 unspecified atom stereocenters. The van der Waals surface area contributed by atoms with Gasteiger partial charge in [0.05, 0.1) is 22.8 Å². The van der Waals surface area contributed by atoms with Crippen LogP contribution in [-0.2, 0) is 29.6 Å². The van der Waals surface area contributed by atoms with Gasteiger partial charge in [-0.25, -0.2) is 0 Å². The standard InChI is InChI=1S/2C12H15ClN2O.2C7H7.Co/c2*1-9(10(2)15-16)14-8-7-11-5-3-4-6-12(11)13;2*1-7-5-3-2-4-6-7;/h2*3-6,16H,7-8H2,1-2H3;2*2-6H,1H2;/q;;2*-1;+2. The van der Waals surface area contributed by atoms with E-state index in [0.29, 0.717) is 24.5 Å². The molecule has 2 N–H and O–H groups in total. The van der Waals surface area contributed by atoms with Crippen LogP contribution in [0.15, 0.2) is 129 Å². The predicted molar refractivity (Wildman–Crippen MR) is 198 cm³/mol. The molecular formula is C38H44Cl2CoN4O2. The molecule has 47 heavy (non-hydrogen) atoms. The van der Waals surface area contributed by atoms with Gasteiger partial charge in [0, 0.05) is 23.1 Å². The molecule has 0 aliphatic rings. The summed E-state index contributed by atoms with van der Waals surface area (Å²) in [5, 5.41) is 24.8. The molecule has 0 atom stereocenters. The third-order valence-electron chi connectivity index (χ3n) is 6.41. The van der Waals surface area contributed by atoms with E-state index in [1.807, 2.05) is 123 Å². The van der Waals surface area contributed by atoms with Crippen LogP contribution in [0.25, 0.3) is 0 Å². The Morgan fingerprint density at radius 1 is 0.511 bits per heavy atom. The fraction of sp³-hybridized carbons (Fsp3) is 0.211. The third kappa shape index (κ3) is 20.0. The van der Waals surface area contributed by atoms with Crippen LogP contribution in [0.3, 0.4) is 0 Å². The second-order valence-corrected chi connectivity index (χ2v) is 10.8. The van der Waals surface area contributed by atoms with Gasteiger partial charge in [-0.3, -0.25) is 9.98 Å². The van der Waals surface area contributed by atoms with E-state index in [1.165, 1.54) is 0 Å². The average Bonchev–Trinajstić information content (AvgIpc) is 3.07. The summed E-state index contributed by atoms with van der Waals surface area (Å²) in [7, 11) is 0. The Labute approximate surface area is 301 Å². The van der Waals surface area contributed by atoms with Crippen LogP contribution in [-0.4, -0.2) is 46.4 Å². The van der Waals surface area contributed by atoms with E-state index in [4.69, 9.17) is 33.6 Å². The molecule has 0 aliphatic carbocycles. The molecular weight excluding hydrogens is 674 g/mol. The summed E-state index contributed by atoms with van der Waals surface area (Å²) in [6.45, 7) is 15.8. The summed E-state index contributed by atoms with van der Waals surface area (Å²) < 4.78 is 0. The first-order valence-electron chi connectivity index (χ1n) is 14.7. The van der Waals surface area contributed by atoms with Gasteiger partial charge >= 0.3 is 16.8 Å². The largest absolute Gasteiger partial charge is 2.00 e. The van der Waals surface area contributed by atoms with Gasteiger partial charge in [-0.1, -0.05) is 82.0 Å². The first-order chi connectivity index (χ1) is 22.1. The number of halogens is 2. The van der Waals surface area contributed by atoms with Gasteiger partial charge in [0.25, 0.3) is 0 Å². The van der Waals surface area contributed by atoms with Crippen molar-refractivity contribution in [3.8, 4) is 0 Å². The maximum Gasteiger partial charge on any atom is 2.00 e. The topological polar surface area (TPSA) is 89.9 Å². The summed E-state index contributed by atoms with van der Waals surface area (Å²) in [6.07, 6.45) is 1.57. The van der Waals surface area contributed by atoms with E-state index >= 15 is 0 Å². The first kappa shape index (κ1) is 43.0. The molecule has 0 heterocycles. The van der Waals surface area contributed by atoms with Crippen molar-refractivity contribution >= 4 is 46.0 Å². The quantitative estimate of drug-likeness (QED) is 0.0822. The van der Waals surface area contributed by atoms with E-state index in [2.05, 4.69) is 34.1 Å². The Hall–Kier alpha value is -4.01. The molecule has 0 saturated carbocycles. The van der Waals surface area contributed by atoms with E-state index in [-0.39, 0.29) is 16.8 Å². The number of benzene rings is 4. The monoisotopic (exact) mass is 717 g/mol. The van der Waals surface area contributed by atoms with E-state index in [1.54, 1.807) is 13.8 Å². The number of oxime groups is 2. The van der Waals surface area contributed by atoms with Gasteiger partial charge in [-0.2, -0.15) is 49.2 Å². The molecule has 0 amide bonds. The molecule has 0 aliphatic heterocycles. The molecule has 0 fully saturated rings. The van der Waals surface area contributed by atoms with Gasteiger partial charge in [0.15, 0.2) is 0 Å². The van der Waals surface area contributed by atoms with Crippen molar-refractivity contribution in [3.63, 3.8) is 0 Å². The van der Waals surface area contributed by atoms with E-state index in [0.717, 1.165) is 56.6 Å². The molecule has 0 bridgehead atoms. The van der Waals surface area contributed by atoms with Crippen molar-refractivity contribution in [2.75, 3.05) is 13.1 Å². The van der Waals surface area contributed by atoms with Crippen LogP contribution in [0.5, 0.6) is 0 Å². The Morgan fingerprint density at radius 3 is 1.06 bits per heavy atom. The van der Waals surface area contributed by atoms with Gasteiger partial charge < -0.3 is 10.4 Å². The predicted octanol–water partition coefficient (Wildman–Crippen LogP) is 10.1. The maximum absolute atomic E-state index is 8.55. The smallest absolute Gasteiger partial charge is 0.411 e. The Balaban J connectivity index is 0.000000636. The molecule has 6 nitrogen and oxygen atoms in total. The SMILES string of the molecule is CC(=NO)C(C)=NCCc1ccccc1Cl.CC(=NO)C(C)=NCCc1ccccc1Cl.[CH2-]c1ccccc1.[CH2-]c1ccccc1.[Co+2]. The molecule has 0 spiro atoms. The Morgan fingerprint density at radius 2 is 0.809 bits per heavy atom. The molecule has 0 saturated heterocycles. The van der Waals surface area contributed by atoms with Gasteiger partial charge in [0.1, 0.15) is 0 Å². The van der Waals surface area contributed by atoms with E-state index in [9.17, 15) is 0 Å². The first-order valence-corrected chi connectivity index (χ1v) is 15.5. The van der Waals surface area contributed by atoms with Crippen molar-refractivity contribution in [1.29, 1.82) is 0 Å². The molecule has 1 radical (unpaired) electrons. The minimum Gasteiger partial charge on any atom is -0.411 e. The Kier molecular flexibility index (Phi) is 23.9. The molecule has 4 aromatic carbocycles. The van der Waals surface area contributed by atoms with Crippen molar-refractivity contribution in [1.82, 2.24) is 0 Å². The average molecular weight is 719 g/mol. The summed E-state index contributed by atoms with van der Waals surface area (Å²) >= 11 is 12.0. The van der Waals surface area contributed by atoms with Crippen LogP contribution >= 0.6 is 23.2 Å². The zero-order valence-corrected chi connectivity index (χ0v) is 30.0. The summed E-state index contributed by atoms with van der Waals surface area (Å²) in [5.41, 5.74) is 6.88. The van der Waals surface area contributed by atoms with E-state index < -0.39 is 0 Å².